The van der Waals surface area contributed by atoms with Gasteiger partial charge in [0.2, 0.25) is 0 Å². The molecular weight excluding hydrogens is 328 g/mol. The van der Waals surface area contributed by atoms with E-state index in [1.807, 2.05) is 43.3 Å². The van der Waals surface area contributed by atoms with Gasteiger partial charge in [0.1, 0.15) is 11.5 Å². The molecule has 0 aliphatic heterocycles. The summed E-state index contributed by atoms with van der Waals surface area (Å²) in [6.45, 7) is 2.78. The number of nitrogens with zero attached hydrogens (tertiary/aromatic N) is 4. The van der Waals surface area contributed by atoms with Crippen LogP contribution in [0.25, 0.3) is 0 Å². The van der Waals surface area contributed by atoms with Gasteiger partial charge in [-0.05, 0) is 36.8 Å². The topological polar surface area (TPSA) is 64.2 Å². The molecule has 0 atom stereocenters. The molecule has 0 saturated carbocycles. The SMILES string of the molecule is Cc1ccc(CN(C)C(=O)c2cn(Cc3ccc(Cl)cc3)nn2)o1. The van der Waals surface area contributed by atoms with Crippen molar-refractivity contribution in [3.05, 3.63) is 70.4 Å². The van der Waals surface area contributed by atoms with Crippen LogP contribution in [0.15, 0.2) is 47.0 Å². The van der Waals surface area contributed by atoms with Crippen LogP contribution < -0.4 is 0 Å². The first-order chi connectivity index (χ1) is 11.5. The van der Waals surface area contributed by atoms with E-state index >= 15 is 0 Å². The van der Waals surface area contributed by atoms with Gasteiger partial charge in [0.05, 0.1) is 19.3 Å². The summed E-state index contributed by atoms with van der Waals surface area (Å²) in [5, 5.41) is 8.66. The highest BCUT2D eigenvalue weighted by atomic mass is 35.5. The quantitative estimate of drug-likeness (QED) is 0.713. The summed E-state index contributed by atoms with van der Waals surface area (Å²) < 4.78 is 7.11. The highest BCUT2D eigenvalue weighted by Crippen LogP contribution is 2.12. The van der Waals surface area contributed by atoms with Crippen LogP contribution in [-0.2, 0) is 13.1 Å². The Hall–Kier alpha value is -2.60. The number of hydrogen-bond donors (Lipinski definition) is 0. The minimum atomic E-state index is -0.202. The molecule has 0 fully saturated rings. The van der Waals surface area contributed by atoms with Crippen molar-refractivity contribution in [1.29, 1.82) is 0 Å². The van der Waals surface area contributed by atoms with Crippen molar-refractivity contribution in [2.45, 2.75) is 20.0 Å². The van der Waals surface area contributed by atoms with Crippen LogP contribution >= 0.6 is 11.6 Å². The zero-order valence-corrected chi connectivity index (χ0v) is 14.2. The summed E-state index contributed by atoms with van der Waals surface area (Å²) in [5.74, 6) is 1.35. The molecule has 6 nitrogen and oxygen atoms in total. The molecule has 3 aromatic rings. The molecule has 0 saturated heterocycles. The van der Waals surface area contributed by atoms with Crippen molar-refractivity contribution < 1.29 is 9.21 Å². The van der Waals surface area contributed by atoms with Crippen LogP contribution in [0.1, 0.15) is 27.6 Å². The van der Waals surface area contributed by atoms with Gasteiger partial charge in [-0.2, -0.15) is 0 Å². The zero-order valence-electron chi connectivity index (χ0n) is 13.4. The van der Waals surface area contributed by atoms with E-state index < -0.39 is 0 Å². The molecule has 7 heteroatoms. The van der Waals surface area contributed by atoms with E-state index in [4.69, 9.17) is 16.0 Å². The van der Waals surface area contributed by atoms with Crippen LogP contribution in [-0.4, -0.2) is 32.8 Å². The first-order valence-electron chi connectivity index (χ1n) is 7.46. The van der Waals surface area contributed by atoms with Crippen molar-refractivity contribution in [2.75, 3.05) is 7.05 Å². The first-order valence-corrected chi connectivity index (χ1v) is 7.84. The highest BCUT2D eigenvalue weighted by Gasteiger charge is 2.17. The lowest BCUT2D eigenvalue weighted by Crippen LogP contribution is -2.26. The first kappa shape index (κ1) is 16.3. The number of furan rings is 1. The summed E-state index contributed by atoms with van der Waals surface area (Å²) in [6.07, 6.45) is 1.64. The Bertz CT molecular complexity index is 838. The Morgan fingerprint density at radius 3 is 2.67 bits per heavy atom. The predicted molar refractivity (Wildman–Crippen MR) is 89.8 cm³/mol. The number of hydrogen-bond acceptors (Lipinski definition) is 4. The molecule has 3 rings (SSSR count). The van der Waals surface area contributed by atoms with Crippen molar-refractivity contribution in [2.24, 2.45) is 0 Å². The summed E-state index contributed by atoms with van der Waals surface area (Å²) in [5.41, 5.74) is 1.33. The molecule has 24 heavy (non-hydrogen) atoms. The van der Waals surface area contributed by atoms with Crippen LogP contribution in [0.2, 0.25) is 5.02 Å². The molecule has 1 amide bonds. The van der Waals surface area contributed by atoms with Gasteiger partial charge < -0.3 is 9.32 Å². The minimum Gasteiger partial charge on any atom is -0.464 e. The summed E-state index contributed by atoms with van der Waals surface area (Å²) in [6, 6.07) is 11.2. The molecular formula is C17H17ClN4O2. The average molecular weight is 345 g/mol. The third-order valence-electron chi connectivity index (χ3n) is 3.55. The molecule has 1 aromatic carbocycles. The van der Waals surface area contributed by atoms with Gasteiger partial charge in [0.25, 0.3) is 5.91 Å². The van der Waals surface area contributed by atoms with Crippen molar-refractivity contribution in [3.8, 4) is 0 Å². The number of carbonyl (C=O) groups is 1. The number of aryl methyl sites for hydroxylation is 1. The van der Waals surface area contributed by atoms with E-state index in [0.29, 0.717) is 23.8 Å². The second-order valence-corrected chi connectivity index (χ2v) is 6.04. The number of halogens is 1. The lowest BCUT2D eigenvalue weighted by Gasteiger charge is -2.13. The molecule has 0 N–H and O–H groups in total. The smallest absolute Gasteiger partial charge is 0.276 e. The third kappa shape index (κ3) is 3.83. The number of aromatic nitrogens is 3. The highest BCUT2D eigenvalue weighted by molar-refractivity contribution is 6.30. The fourth-order valence-corrected chi connectivity index (χ4v) is 2.45. The molecule has 0 bridgehead atoms. The Labute approximate surface area is 144 Å². The summed E-state index contributed by atoms with van der Waals surface area (Å²) in [4.78, 5) is 14.0. The number of rotatable bonds is 5. The van der Waals surface area contributed by atoms with Crippen molar-refractivity contribution in [1.82, 2.24) is 19.9 Å². The minimum absolute atomic E-state index is 0.202. The lowest BCUT2D eigenvalue weighted by atomic mass is 10.2. The van der Waals surface area contributed by atoms with Gasteiger partial charge in [0, 0.05) is 12.1 Å². The standard InChI is InChI=1S/C17H17ClN4O2/c1-12-3-8-15(24-12)10-21(2)17(23)16-11-22(20-19-16)9-13-4-6-14(18)7-5-13/h3-8,11H,9-10H2,1-2H3. The fraction of sp³-hybridized carbons (Fsp3) is 0.235. The number of carbonyl (C=O) groups excluding carboxylic acids is 1. The van der Waals surface area contributed by atoms with Gasteiger partial charge in [-0.15, -0.1) is 5.10 Å². The molecule has 124 valence electrons. The molecule has 2 aromatic heterocycles. The van der Waals surface area contributed by atoms with E-state index in [2.05, 4.69) is 10.3 Å². The molecule has 0 spiro atoms. The number of amides is 1. The van der Waals surface area contributed by atoms with Gasteiger partial charge >= 0.3 is 0 Å². The number of benzene rings is 1. The second-order valence-electron chi connectivity index (χ2n) is 5.60. The van der Waals surface area contributed by atoms with Crippen molar-refractivity contribution in [3.63, 3.8) is 0 Å². The van der Waals surface area contributed by atoms with E-state index in [1.54, 1.807) is 22.8 Å². The lowest BCUT2D eigenvalue weighted by molar-refractivity contribution is 0.0769. The molecule has 0 aliphatic carbocycles. The molecule has 2 heterocycles. The van der Waals surface area contributed by atoms with E-state index in [-0.39, 0.29) is 5.91 Å². The Kier molecular flexibility index (Phi) is 4.66. The average Bonchev–Trinajstić information content (AvgIpc) is 3.18. The van der Waals surface area contributed by atoms with Gasteiger partial charge in [-0.3, -0.25) is 4.79 Å². The van der Waals surface area contributed by atoms with E-state index in [9.17, 15) is 4.79 Å². The summed E-state index contributed by atoms with van der Waals surface area (Å²) >= 11 is 5.87. The van der Waals surface area contributed by atoms with Crippen molar-refractivity contribution >= 4 is 17.5 Å². The van der Waals surface area contributed by atoms with Gasteiger partial charge in [-0.1, -0.05) is 28.9 Å². The normalized spacial score (nSPS) is 10.8. The Balaban J connectivity index is 1.65. The maximum Gasteiger partial charge on any atom is 0.276 e. The van der Waals surface area contributed by atoms with Crippen LogP contribution in [0, 0.1) is 6.92 Å². The van der Waals surface area contributed by atoms with E-state index in [0.717, 1.165) is 17.1 Å². The Morgan fingerprint density at radius 2 is 2.00 bits per heavy atom. The predicted octanol–water partition coefficient (Wildman–Crippen LogP) is 3.15. The fourth-order valence-electron chi connectivity index (χ4n) is 2.32. The monoisotopic (exact) mass is 344 g/mol. The molecule has 0 unspecified atom stereocenters. The third-order valence-corrected chi connectivity index (χ3v) is 3.80. The van der Waals surface area contributed by atoms with E-state index in [1.165, 1.54) is 0 Å². The van der Waals surface area contributed by atoms with Gasteiger partial charge in [0.15, 0.2) is 5.69 Å². The largest absolute Gasteiger partial charge is 0.464 e. The zero-order chi connectivity index (χ0) is 17.1. The van der Waals surface area contributed by atoms with Crippen LogP contribution in [0.3, 0.4) is 0 Å². The van der Waals surface area contributed by atoms with Crippen LogP contribution in [0.4, 0.5) is 0 Å². The van der Waals surface area contributed by atoms with Gasteiger partial charge in [-0.25, -0.2) is 4.68 Å². The molecule has 0 radical (unpaired) electrons. The summed E-state index contributed by atoms with van der Waals surface area (Å²) in [7, 11) is 1.71. The second kappa shape index (κ2) is 6.88. The Morgan fingerprint density at radius 1 is 1.25 bits per heavy atom. The maximum absolute atomic E-state index is 12.4. The van der Waals surface area contributed by atoms with Crippen LogP contribution in [0.5, 0.6) is 0 Å². The molecule has 0 aliphatic rings. The maximum atomic E-state index is 12.4.